The quantitative estimate of drug-likeness (QED) is 0.340. The van der Waals surface area contributed by atoms with Crippen LogP contribution in [0.1, 0.15) is 50.9 Å². The van der Waals surface area contributed by atoms with Crippen LogP contribution in [-0.4, -0.2) is 48.9 Å². The summed E-state index contributed by atoms with van der Waals surface area (Å²) < 4.78 is 3.91. The number of imidazole rings is 1. The second-order valence-electron chi connectivity index (χ2n) is 10.1. The number of fused-ring (bicyclic) bond motifs is 1. The standard InChI is InChI=1S/C31H30N6O2/c1-21-7-12-26(30(38)34-23-8-10-24(11-9-23)37-18-15-32-20-37)29(33-21)22-13-16-36(17-14-22)31(39)27-19-35(2)28-6-4-3-5-25(27)28/h3-12,15,18-20,22H,13-14,16-17H2,1-2H3,(H,34,38). The van der Waals surface area contributed by atoms with Gasteiger partial charge < -0.3 is 19.4 Å². The van der Waals surface area contributed by atoms with Gasteiger partial charge in [-0.1, -0.05) is 18.2 Å². The maximum atomic E-state index is 13.4. The summed E-state index contributed by atoms with van der Waals surface area (Å²) >= 11 is 0. The second-order valence-corrected chi connectivity index (χ2v) is 10.1. The second kappa shape index (κ2) is 10.2. The largest absolute Gasteiger partial charge is 0.350 e. The lowest BCUT2D eigenvalue weighted by Gasteiger charge is -2.32. The van der Waals surface area contributed by atoms with Crippen molar-refractivity contribution in [3.05, 3.63) is 108 Å². The Morgan fingerprint density at radius 2 is 1.72 bits per heavy atom. The van der Waals surface area contributed by atoms with E-state index in [9.17, 15) is 9.59 Å². The molecule has 1 saturated heterocycles. The van der Waals surface area contributed by atoms with E-state index in [2.05, 4.69) is 10.3 Å². The molecule has 196 valence electrons. The summed E-state index contributed by atoms with van der Waals surface area (Å²) in [5.41, 5.74) is 5.73. The van der Waals surface area contributed by atoms with Gasteiger partial charge in [0.15, 0.2) is 0 Å². The number of carbonyl (C=O) groups is 2. The maximum absolute atomic E-state index is 13.4. The third-order valence-corrected chi connectivity index (χ3v) is 7.53. The van der Waals surface area contributed by atoms with Crippen LogP contribution in [0.2, 0.25) is 0 Å². The van der Waals surface area contributed by atoms with Crippen LogP contribution in [-0.2, 0) is 7.05 Å². The van der Waals surface area contributed by atoms with Gasteiger partial charge >= 0.3 is 0 Å². The number of pyridine rings is 1. The number of aryl methyl sites for hydroxylation is 2. The third-order valence-electron chi connectivity index (χ3n) is 7.53. The number of para-hydroxylation sites is 1. The Balaban J connectivity index is 1.16. The van der Waals surface area contributed by atoms with E-state index in [0.717, 1.165) is 46.4 Å². The molecular weight excluding hydrogens is 488 g/mol. The van der Waals surface area contributed by atoms with Crippen LogP contribution >= 0.6 is 0 Å². The average Bonchev–Trinajstić information content (AvgIpc) is 3.62. The molecule has 6 rings (SSSR count). The van der Waals surface area contributed by atoms with Gasteiger partial charge in [-0.25, -0.2) is 4.98 Å². The van der Waals surface area contributed by atoms with E-state index < -0.39 is 0 Å². The van der Waals surface area contributed by atoms with Crippen LogP contribution in [0, 0.1) is 6.92 Å². The Kier molecular flexibility index (Phi) is 6.44. The molecule has 8 nitrogen and oxygen atoms in total. The van der Waals surface area contributed by atoms with Crippen LogP contribution in [0.4, 0.5) is 5.69 Å². The molecule has 0 bridgehead atoms. The summed E-state index contributed by atoms with van der Waals surface area (Å²) in [5.74, 6) is -0.0208. The molecule has 8 heteroatoms. The van der Waals surface area contributed by atoms with Gasteiger partial charge in [0.2, 0.25) is 0 Å². The number of carbonyl (C=O) groups excluding carboxylic acids is 2. The van der Waals surface area contributed by atoms with Gasteiger partial charge in [0.05, 0.1) is 23.1 Å². The summed E-state index contributed by atoms with van der Waals surface area (Å²) in [5, 5.41) is 4.00. The van der Waals surface area contributed by atoms with Crippen LogP contribution in [0.25, 0.3) is 16.6 Å². The molecular formula is C31H30N6O2. The molecule has 2 aromatic carbocycles. The van der Waals surface area contributed by atoms with Gasteiger partial charge in [-0.05, 0) is 62.2 Å². The number of hydrogen-bond acceptors (Lipinski definition) is 4. The number of nitrogens with one attached hydrogen (secondary N) is 1. The molecule has 0 unspecified atom stereocenters. The highest BCUT2D eigenvalue weighted by Gasteiger charge is 2.29. The normalized spacial score (nSPS) is 14.1. The molecule has 1 fully saturated rings. The average molecular weight is 519 g/mol. The zero-order valence-electron chi connectivity index (χ0n) is 22.0. The number of piperidine rings is 1. The number of hydrogen-bond donors (Lipinski definition) is 1. The van der Waals surface area contributed by atoms with Crippen LogP contribution < -0.4 is 5.32 Å². The lowest BCUT2D eigenvalue weighted by Crippen LogP contribution is -2.38. The molecule has 1 aliphatic rings. The van der Waals surface area contributed by atoms with Crippen molar-refractivity contribution in [3.63, 3.8) is 0 Å². The highest BCUT2D eigenvalue weighted by Crippen LogP contribution is 2.31. The predicted molar refractivity (Wildman–Crippen MR) is 151 cm³/mol. The predicted octanol–water partition coefficient (Wildman–Crippen LogP) is 5.34. The van der Waals surface area contributed by atoms with Crippen molar-refractivity contribution >= 4 is 28.4 Å². The molecule has 0 saturated carbocycles. The Bertz CT molecular complexity index is 1640. The molecule has 39 heavy (non-hydrogen) atoms. The minimum atomic E-state index is -0.179. The minimum absolute atomic E-state index is 0.0551. The van der Waals surface area contributed by atoms with Gasteiger partial charge in [0.25, 0.3) is 11.8 Å². The molecule has 0 radical (unpaired) electrons. The topological polar surface area (TPSA) is 85.0 Å². The summed E-state index contributed by atoms with van der Waals surface area (Å²) in [6.07, 6.45) is 8.77. The number of benzene rings is 2. The van der Waals surface area contributed by atoms with Crippen molar-refractivity contribution in [2.45, 2.75) is 25.7 Å². The fourth-order valence-corrected chi connectivity index (χ4v) is 5.45. The Morgan fingerprint density at radius 1 is 0.949 bits per heavy atom. The van der Waals surface area contributed by atoms with Crippen molar-refractivity contribution in [2.75, 3.05) is 18.4 Å². The summed E-state index contributed by atoms with van der Waals surface area (Å²) in [6.45, 7) is 3.19. The summed E-state index contributed by atoms with van der Waals surface area (Å²) in [4.78, 5) is 37.6. The zero-order chi connectivity index (χ0) is 26.9. The first-order valence-corrected chi connectivity index (χ1v) is 13.2. The number of aromatic nitrogens is 4. The number of rotatable bonds is 5. The Labute approximate surface area is 226 Å². The fraction of sp³-hybridized carbons (Fsp3) is 0.226. The van der Waals surface area contributed by atoms with Crippen molar-refractivity contribution < 1.29 is 9.59 Å². The first-order chi connectivity index (χ1) is 19.0. The third kappa shape index (κ3) is 4.81. The number of likely N-dealkylation sites (tertiary alicyclic amines) is 1. The van der Waals surface area contributed by atoms with Crippen molar-refractivity contribution in [2.24, 2.45) is 7.05 Å². The molecule has 3 aromatic heterocycles. The van der Waals surface area contributed by atoms with Gasteiger partial charge in [0, 0.05) is 72.6 Å². The van der Waals surface area contributed by atoms with E-state index in [1.165, 1.54) is 0 Å². The van der Waals surface area contributed by atoms with Gasteiger partial charge in [0.1, 0.15) is 0 Å². The fourth-order valence-electron chi connectivity index (χ4n) is 5.45. The van der Waals surface area contributed by atoms with Gasteiger partial charge in [-0.15, -0.1) is 0 Å². The van der Waals surface area contributed by atoms with E-state index in [0.29, 0.717) is 24.3 Å². The Morgan fingerprint density at radius 3 is 2.46 bits per heavy atom. The summed E-state index contributed by atoms with van der Waals surface area (Å²) in [6, 6.07) is 19.4. The van der Waals surface area contributed by atoms with E-state index in [1.807, 2.05) is 101 Å². The maximum Gasteiger partial charge on any atom is 0.257 e. The Hall–Kier alpha value is -4.72. The van der Waals surface area contributed by atoms with E-state index in [-0.39, 0.29) is 17.7 Å². The van der Waals surface area contributed by atoms with Crippen molar-refractivity contribution in [1.29, 1.82) is 0 Å². The number of amides is 2. The lowest BCUT2D eigenvalue weighted by atomic mass is 9.89. The monoisotopic (exact) mass is 518 g/mol. The molecule has 5 aromatic rings. The van der Waals surface area contributed by atoms with Gasteiger partial charge in [-0.2, -0.15) is 0 Å². The number of nitrogens with zero attached hydrogens (tertiary/aromatic N) is 5. The van der Waals surface area contributed by atoms with Crippen LogP contribution in [0.5, 0.6) is 0 Å². The van der Waals surface area contributed by atoms with E-state index in [4.69, 9.17) is 4.98 Å². The molecule has 1 aliphatic heterocycles. The molecule has 4 heterocycles. The lowest BCUT2D eigenvalue weighted by molar-refractivity contribution is 0.0712. The summed E-state index contributed by atoms with van der Waals surface area (Å²) in [7, 11) is 1.97. The molecule has 0 atom stereocenters. The molecule has 1 N–H and O–H groups in total. The SMILES string of the molecule is Cc1ccc(C(=O)Nc2ccc(-n3ccnc3)cc2)c(C2CCN(C(=O)c3cn(C)c4ccccc34)CC2)n1. The minimum Gasteiger partial charge on any atom is -0.350 e. The molecule has 0 aliphatic carbocycles. The van der Waals surface area contributed by atoms with E-state index in [1.54, 1.807) is 12.5 Å². The van der Waals surface area contributed by atoms with Crippen LogP contribution in [0.15, 0.2) is 85.6 Å². The van der Waals surface area contributed by atoms with Crippen molar-refractivity contribution in [3.8, 4) is 5.69 Å². The highest BCUT2D eigenvalue weighted by molar-refractivity contribution is 6.07. The first-order valence-electron chi connectivity index (χ1n) is 13.2. The van der Waals surface area contributed by atoms with Gasteiger partial charge in [-0.3, -0.25) is 14.6 Å². The molecule has 0 spiro atoms. The first kappa shape index (κ1) is 24.6. The van der Waals surface area contributed by atoms with Crippen LogP contribution in [0.3, 0.4) is 0 Å². The molecule has 2 amide bonds. The van der Waals surface area contributed by atoms with Crippen molar-refractivity contribution in [1.82, 2.24) is 24.0 Å². The smallest absolute Gasteiger partial charge is 0.257 e. The zero-order valence-corrected chi connectivity index (χ0v) is 22.0. The number of anilines is 1. The highest BCUT2D eigenvalue weighted by atomic mass is 16.2. The van der Waals surface area contributed by atoms with E-state index >= 15 is 0 Å².